The van der Waals surface area contributed by atoms with Crippen LogP contribution in [0.15, 0.2) is 54.4 Å². The molecule has 40 nitrogen and oxygen atoms in total. The Hall–Kier alpha value is -7.09. The average molecular weight is 1500 g/mol. The molecule has 0 spiro atoms. The maximum atomic E-state index is 15.1. The summed E-state index contributed by atoms with van der Waals surface area (Å²) in [5.41, 5.74) is 12.7. The number of imidazole rings is 2. The smallest absolute Gasteiger partial charge is 0.382 e. The van der Waals surface area contributed by atoms with E-state index in [1.807, 2.05) is 0 Å². The number of nitrogens with zero attached hydrogens (tertiary/aromatic N) is 7. The van der Waals surface area contributed by atoms with E-state index in [2.05, 4.69) is 61.8 Å². The van der Waals surface area contributed by atoms with Crippen LogP contribution in [-0.2, 0) is 105 Å². The molecule has 2 aliphatic rings. The van der Waals surface area contributed by atoms with Crippen LogP contribution in [0.2, 0.25) is 0 Å². The maximum Gasteiger partial charge on any atom is 0.469 e. The second kappa shape index (κ2) is 43.2. The Labute approximate surface area is 589 Å². The number of aromatic amines is 1. The maximum absolute atomic E-state index is 15.1. The molecule has 2 aliphatic heterocycles. The number of aromatic nitrogens is 8. The Morgan fingerprint density at radius 1 is 0.647 bits per heavy atom. The fraction of sp³-hybridized carbons (Fsp3) is 0.627. The van der Waals surface area contributed by atoms with Crippen LogP contribution in [0.25, 0.3) is 22.3 Å². The van der Waals surface area contributed by atoms with Gasteiger partial charge in [-0.3, -0.25) is 56.3 Å². The molecule has 2 saturated heterocycles. The molecule has 0 radical (unpaired) electrons. The zero-order valence-electron chi connectivity index (χ0n) is 56.6. The molecule has 7 rings (SSSR count). The number of H-pyrrole nitrogens is 1. The first-order chi connectivity index (χ1) is 49.1. The van der Waals surface area contributed by atoms with Crippen LogP contribution in [0, 0.1) is 5.92 Å². The summed E-state index contributed by atoms with van der Waals surface area (Å²) in [7, 11) is -5.05. The Bertz CT molecular complexity index is 3610. The first kappa shape index (κ1) is 82.2. The number of phosphoric ester groups is 1. The lowest BCUT2D eigenvalue weighted by atomic mass is 10.0. The van der Waals surface area contributed by atoms with E-state index >= 15 is 4.57 Å². The van der Waals surface area contributed by atoms with Gasteiger partial charge < -0.3 is 106 Å². The van der Waals surface area contributed by atoms with Gasteiger partial charge in [-0.15, -0.1) is 0 Å². The number of fused-ring (bicyclic) bond motifs is 2. The lowest BCUT2D eigenvalue weighted by Crippen LogP contribution is -2.54. The molecule has 6 heterocycles. The van der Waals surface area contributed by atoms with Gasteiger partial charge in [-0.25, -0.2) is 34.0 Å². The van der Waals surface area contributed by atoms with E-state index in [-0.39, 0.29) is 152 Å². The third-order valence-electron chi connectivity index (χ3n) is 14.7. The van der Waals surface area contributed by atoms with E-state index in [9.17, 15) is 47.9 Å². The molecular formula is C59H90N16O24P2S. The molecule has 2 fully saturated rings. The van der Waals surface area contributed by atoms with Gasteiger partial charge in [-0.05, 0) is 54.8 Å². The predicted molar refractivity (Wildman–Crippen MR) is 361 cm³/mol. The summed E-state index contributed by atoms with van der Waals surface area (Å²) in [6.45, 7) is 2.53. The van der Waals surface area contributed by atoms with Gasteiger partial charge in [0.25, 0.3) is 5.56 Å². The largest absolute Gasteiger partial charge is 0.469 e. The van der Waals surface area contributed by atoms with Crippen molar-refractivity contribution in [1.82, 2.24) is 65.6 Å². The van der Waals surface area contributed by atoms with Crippen LogP contribution in [0.3, 0.4) is 0 Å². The number of nitrogen functional groups attached to an aromatic ring is 1. The van der Waals surface area contributed by atoms with Gasteiger partial charge in [-0.1, -0.05) is 26.0 Å². The molecule has 4 aromatic heterocycles. The number of ether oxygens (including phenoxy) is 10. The quantitative estimate of drug-likeness (QED) is 0.0166. The molecule has 0 aliphatic carbocycles. The van der Waals surface area contributed by atoms with Gasteiger partial charge in [0, 0.05) is 44.0 Å². The Kier molecular flexibility index (Phi) is 34.9. The number of nitrogens with one attached hydrogen (secondary N) is 7. The van der Waals surface area contributed by atoms with E-state index in [0.717, 1.165) is 11.4 Å². The van der Waals surface area contributed by atoms with Crippen LogP contribution < -0.4 is 48.9 Å². The first-order valence-corrected chi connectivity index (χ1v) is 37.3. The van der Waals surface area contributed by atoms with Crippen LogP contribution in [-0.4, -0.2) is 260 Å². The SMILES string of the molecule is CC(C)[C@H](NC(=O)COCCOCCNC(=O)COCCOCCNC(=O)COCCOCCNC(=O)COCCOCCN)C(=O)N[C@H](C)C(=O)Nc1ccc(CSP(=O)(OC[C@@H]2CC[C@H](n3cnc4c(N)ncnc43)O2)OC2C[C@H](n3cnc4c(=O)[nH]cnc43)O[C@@H]2COP(=O)(O)O)cc1. The Morgan fingerprint density at radius 2 is 1.20 bits per heavy atom. The van der Waals surface area contributed by atoms with Crippen molar-refractivity contribution < 1.29 is 109 Å². The van der Waals surface area contributed by atoms with Crippen LogP contribution in [0.1, 0.15) is 58.1 Å². The second-order valence-electron chi connectivity index (χ2n) is 22.9. The summed E-state index contributed by atoms with van der Waals surface area (Å²) in [6, 6.07) is 4.39. The highest BCUT2D eigenvalue weighted by atomic mass is 32.7. The number of nitrogens with two attached hydrogens (primary N) is 2. The minimum Gasteiger partial charge on any atom is -0.382 e. The van der Waals surface area contributed by atoms with Crippen LogP contribution in [0.5, 0.6) is 0 Å². The van der Waals surface area contributed by atoms with Gasteiger partial charge in [-0.2, -0.15) is 0 Å². The number of hydrogen-bond donors (Lipinski definition) is 11. The summed E-state index contributed by atoms with van der Waals surface area (Å²) in [5, 5.41) is 16.0. The van der Waals surface area contributed by atoms with Crippen molar-refractivity contribution in [1.29, 1.82) is 0 Å². The van der Waals surface area contributed by atoms with Gasteiger partial charge in [0.1, 0.15) is 75.0 Å². The number of carbonyl (C=O) groups excluding carboxylic acids is 6. The lowest BCUT2D eigenvalue weighted by molar-refractivity contribution is -0.133. The van der Waals surface area contributed by atoms with E-state index in [4.69, 9.17) is 72.4 Å². The average Bonchev–Trinajstić information content (AvgIpc) is 1.64. The number of hydrogen-bond acceptors (Lipinski definition) is 30. The van der Waals surface area contributed by atoms with Gasteiger partial charge in [0.05, 0.1) is 118 Å². The van der Waals surface area contributed by atoms with Crippen molar-refractivity contribution in [3.63, 3.8) is 0 Å². The molecule has 102 heavy (non-hydrogen) atoms. The molecule has 6 amide bonds. The zero-order valence-corrected chi connectivity index (χ0v) is 59.2. The molecule has 43 heteroatoms. The van der Waals surface area contributed by atoms with Crippen LogP contribution in [0.4, 0.5) is 11.5 Å². The summed E-state index contributed by atoms with van der Waals surface area (Å²) >= 11 is 0.807. The highest BCUT2D eigenvalue weighted by molar-refractivity contribution is 8.54. The van der Waals surface area contributed by atoms with Crippen molar-refractivity contribution in [2.24, 2.45) is 11.7 Å². The molecular weight excluding hydrogens is 1410 g/mol. The molecule has 8 atom stereocenters. The first-order valence-electron chi connectivity index (χ1n) is 32.6. The minimum absolute atomic E-state index is 0.000698. The summed E-state index contributed by atoms with van der Waals surface area (Å²) < 4.78 is 103. The predicted octanol–water partition coefficient (Wildman–Crippen LogP) is -0.917. The van der Waals surface area contributed by atoms with Gasteiger partial charge >= 0.3 is 14.6 Å². The molecule has 0 bridgehead atoms. The normalized spacial score (nSPS) is 18.1. The highest BCUT2D eigenvalue weighted by Gasteiger charge is 2.45. The molecule has 0 saturated carbocycles. The number of benzene rings is 1. The fourth-order valence-corrected chi connectivity index (χ4v) is 13.5. The van der Waals surface area contributed by atoms with Crippen molar-refractivity contribution >= 4 is 95.3 Å². The zero-order chi connectivity index (χ0) is 73.3. The molecule has 2 unspecified atom stereocenters. The van der Waals surface area contributed by atoms with Crippen molar-refractivity contribution in [3.05, 3.63) is 65.5 Å². The van der Waals surface area contributed by atoms with Gasteiger partial charge in [0.15, 0.2) is 22.6 Å². The van der Waals surface area contributed by atoms with E-state index in [0.29, 0.717) is 61.6 Å². The summed E-state index contributed by atoms with van der Waals surface area (Å²) in [4.78, 5) is 131. The number of carbonyl (C=O) groups is 6. The highest BCUT2D eigenvalue weighted by Crippen LogP contribution is 2.64. The Balaban J connectivity index is 0.754. The topological polar surface area (TPSA) is 528 Å². The fourth-order valence-electron chi connectivity index (χ4n) is 9.68. The molecule has 5 aromatic rings. The number of phosphoric acid groups is 1. The Morgan fingerprint density at radius 3 is 1.77 bits per heavy atom. The molecule has 13 N–H and O–H groups in total. The third kappa shape index (κ3) is 28.5. The van der Waals surface area contributed by atoms with Crippen molar-refractivity contribution in [3.8, 4) is 0 Å². The number of amides is 6. The van der Waals surface area contributed by atoms with E-state index in [1.54, 1.807) is 42.7 Å². The van der Waals surface area contributed by atoms with Gasteiger partial charge in [0.2, 0.25) is 35.4 Å². The summed E-state index contributed by atoms with van der Waals surface area (Å²) in [5.74, 6) is -2.96. The van der Waals surface area contributed by atoms with E-state index < -0.39 is 99.9 Å². The van der Waals surface area contributed by atoms with E-state index in [1.165, 1.54) is 36.8 Å². The third-order valence-corrected chi connectivity index (χ3v) is 18.9. The number of rotatable bonds is 50. The second-order valence-corrected chi connectivity index (χ2v) is 28.2. The summed E-state index contributed by atoms with van der Waals surface area (Å²) in [6.07, 6.45) is 1.66. The molecule has 1 aromatic carbocycles. The van der Waals surface area contributed by atoms with Crippen molar-refractivity contribution in [2.75, 3.05) is 156 Å². The lowest BCUT2D eigenvalue weighted by Gasteiger charge is -2.25. The van der Waals surface area contributed by atoms with Crippen LogP contribution >= 0.6 is 26.0 Å². The standard InChI is InChI=1S/C59H90N16O24P2S/c1-38(2)51(73-48(79)32-94-25-21-90-17-13-64-47(78)31-93-24-20-89-16-12-63-46(77)30-92-23-19-88-15-11-62-45(76)29-91-22-18-87-14-10-60)59(82)71-39(3)57(80)72-41-6-4-40(5-7-41)33-102-101(86,96-27-42-8-9-49(97-42)74-36-69-52-54(61)65-34-66-55(52)74)99-43-26-50(98-44(43)28-95-100(83,84)85)75-37-70-53-56(75)67-35-68-58(53)81/h4-7,34-39,42-44,49-51H,8-33,60H2,1-3H3,(H,62,76)(H,63,77)(H,64,78)(H,71,82)(H,72,80)(H,73,79)(H2,61,65,66)(H,67,68,81)(H2,83,84,85)/t39-,42+,43?,44-,49-,50-,51+,101?/m1/s1. The monoisotopic (exact) mass is 1500 g/mol. The van der Waals surface area contributed by atoms with Crippen molar-refractivity contribution in [2.45, 2.75) is 88.6 Å². The minimum atomic E-state index is -5.05. The number of anilines is 2. The molecule has 566 valence electrons.